The average Bonchev–Trinajstić information content (AvgIpc) is 3.20. The molecule has 1 heterocycles. The molecule has 0 aliphatic carbocycles. The standard InChI is InChI=1S/C20H17ClN2O3S/c1-2-13-5-7-14(8-6-13)19(18-4-3-11-27-18)22-20(24)16-10-9-15(23(25)26)12-17(16)21/h3-12,19H,2H2,1H3,(H,22,24). The van der Waals surface area contributed by atoms with Gasteiger partial charge in [0.1, 0.15) is 0 Å². The number of nitrogens with one attached hydrogen (secondary N) is 1. The van der Waals surface area contributed by atoms with Gasteiger partial charge in [-0.05, 0) is 35.1 Å². The lowest BCUT2D eigenvalue weighted by molar-refractivity contribution is -0.384. The molecule has 3 rings (SSSR count). The van der Waals surface area contributed by atoms with Crippen molar-refractivity contribution in [2.24, 2.45) is 0 Å². The van der Waals surface area contributed by atoms with Crippen LogP contribution >= 0.6 is 22.9 Å². The molecule has 138 valence electrons. The van der Waals surface area contributed by atoms with Gasteiger partial charge in [-0.1, -0.05) is 48.9 Å². The highest BCUT2D eigenvalue weighted by Gasteiger charge is 2.21. The van der Waals surface area contributed by atoms with E-state index >= 15 is 0 Å². The second-order valence-electron chi connectivity index (χ2n) is 5.94. The van der Waals surface area contributed by atoms with E-state index in [0.717, 1.165) is 16.9 Å². The average molecular weight is 401 g/mol. The maximum Gasteiger partial charge on any atom is 0.270 e. The Hall–Kier alpha value is -2.70. The summed E-state index contributed by atoms with van der Waals surface area (Å²) in [5.41, 5.74) is 2.23. The topological polar surface area (TPSA) is 72.2 Å². The van der Waals surface area contributed by atoms with E-state index < -0.39 is 4.92 Å². The largest absolute Gasteiger partial charge is 0.340 e. The maximum absolute atomic E-state index is 12.8. The number of nitrogens with zero attached hydrogens (tertiary/aromatic N) is 1. The van der Waals surface area contributed by atoms with Crippen LogP contribution in [0.5, 0.6) is 0 Å². The summed E-state index contributed by atoms with van der Waals surface area (Å²) in [5, 5.41) is 15.8. The molecule has 1 unspecified atom stereocenters. The van der Waals surface area contributed by atoms with Gasteiger partial charge in [0.25, 0.3) is 11.6 Å². The number of aryl methyl sites for hydroxylation is 1. The monoisotopic (exact) mass is 400 g/mol. The van der Waals surface area contributed by atoms with Crippen LogP contribution in [-0.4, -0.2) is 10.8 Å². The van der Waals surface area contributed by atoms with Crippen molar-refractivity contribution in [2.45, 2.75) is 19.4 Å². The fourth-order valence-electron chi connectivity index (χ4n) is 2.73. The Morgan fingerprint density at radius 1 is 1.22 bits per heavy atom. The fourth-order valence-corrected chi connectivity index (χ4v) is 3.79. The summed E-state index contributed by atoms with van der Waals surface area (Å²) >= 11 is 7.65. The van der Waals surface area contributed by atoms with E-state index in [1.807, 2.05) is 41.8 Å². The van der Waals surface area contributed by atoms with Gasteiger partial charge in [0.05, 0.1) is 21.6 Å². The number of non-ortho nitro benzene ring substituents is 1. The third kappa shape index (κ3) is 4.35. The van der Waals surface area contributed by atoms with Crippen molar-refractivity contribution in [3.05, 3.63) is 96.7 Å². The van der Waals surface area contributed by atoms with Gasteiger partial charge >= 0.3 is 0 Å². The third-order valence-corrected chi connectivity index (χ3v) is 5.48. The van der Waals surface area contributed by atoms with Crippen LogP contribution < -0.4 is 5.32 Å². The van der Waals surface area contributed by atoms with Crippen molar-refractivity contribution >= 4 is 34.5 Å². The number of nitro benzene ring substituents is 1. The lowest BCUT2D eigenvalue weighted by atomic mass is 10.0. The molecule has 0 aliphatic heterocycles. The van der Waals surface area contributed by atoms with E-state index in [2.05, 4.69) is 12.2 Å². The number of amides is 1. The minimum atomic E-state index is -0.544. The van der Waals surface area contributed by atoms with Crippen molar-refractivity contribution in [3.8, 4) is 0 Å². The van der Waals surface area contributed by atoms with Crippen LogP contribution in [0, 0.1) is 10.1 Å². The Bertz CT molecular complexity index is 956. The summed E-state index contributed by atoms with van der Waals surface area (Å²) in [6.07, 6.45) is 0.939. The normalized spacial score (nSPS) is 11.8. The molecule has 1 N–H and O–H groups in total. The van der Waals surface area contributed by atoms with Crippen molar-refractivity contribution in [2.75, 3.05) is 0 Å². The SMILES string of the molecule is CCc1ccc(C(NC(=O)c2ccc([N+](=O)[O-])cc2Cl)c2cccs2)cc1. The molecule has 2 aromatic carbocycles. The van der Waals surface area contributed by atoms with Gasteiger partial charge in [0, 0.05) is 17.0 Å². The van der Waals surface area contributed by atoms with Gasteiger partial charge in [-0.25, -0.2) is 0 Å². The number of rotatable bonds is 6. The highest BCUT2D eigenvalue weighted by molar-refractivity contribution is 7.10. The highest BCUT2D eigenvalue weighted by Crippen LogP contribution is 2.28. The molecule has 0 radical (unpaired) electrons. The number of halogens is 1. The van der Waals surface area contributed by atoms with Gasteiger partial charge in [-0.15, -0.1) is 11.3 Å². The molecule has 3 aromatic rings. The van der Waals surface area contributed by atoms with Crippen molar-refractivity contribution in [1.82, 2.24) is 5.32 Å². The van der Waals surface area contributed by atoms with Crippen molar-refractivity contribution in [3.63, 3.8) is 0 Å². The molecule has 0 fully saturated rings. The number of nitro groups is 1. The van der Waals surface area contributed by atoms with Crippen LogP contribution in [0.3, 0.4) is 0 Å². The molecule has 7 heteroatoms. The highest BCUT2D eigenvalue weighted by atomic mass is 35.5. The number of carbonyl (C=O) groups is 1. The molecule has 0 saturated carbocycles. The van der Waals surface area contributed by atoms with Gasteiger partial charge in [0.15, 0.2) is 0 Å². The molecule has 0 spiro atoms. The maximum atomic E-state index is 12.8. The predicted octanol–water partition coefficient (Wildman–Crippen LogP) is 5.39. The Morgan fingerprint density at radius 2 is 1.96 bits per heavy atom. The van der Waals surface area contributed by atoms with Crippen LogP contribution in [0.1, 0.15) is 39.3 Å². The van der Waals surface area contributed by atoms with E-state index in [-0.39, 0.29) is 28.2 Å². The number of carbonyl (C=O) groups excluding carboxylic acids is 1. The van der Waals surface area contributed by atoms with E-state index in [0.29, 0.717) is 0 Å². The molecule has 1 aromatic heterocycles. The summed E-state index contributed by atoms with van der Waals surface area (Å²) < 4.78 is 0. The van der Waals surface area contributed by atoms with Crippen LogP contribution in [0.15, 0.2) is 60.0 Å². The number of benzene rings is 2. The molecule has 0 saturated heterocycles. The lowest BCUT2D eigenvalue weighted by Crippen LogP contribution is -2.29. The Kier molecular flexibility index (Phi) is 5.88. The van der Waals surface area contributed by atoms with Crippen LogP contribution in [-0.2, 0) is 6.42 Å². The van der Waals surface area contributed by atoms with Crippen molar-refractivity contribution in [1.29, 1.82) is 0 Å². The van der Waals surface area contributed by atoms with Gasteiger partial charge in [-0.2, -0.15) is 0 Å². The smallest absolute Gasteiger partial charge is 0.270 e. The van der Waals surface area contributed by atoms with E-state index in [1.165, 1.54) is 23.8 Å². The third-order valence-electron chi connectivity index (χ3n) is 4.23. The quantitative estimate of drug-likeness (QED) is 0.445. The molecular formula is C20H17ClN2O3S. The minimum absolute atomic E-state index is 0.0490. The molecular weight excluding hydrogens is 384 g/mol. The van der Waals surface area contributed by atoms with E-state index in [9.17, 15) is 14.9 Å². The second kappa shape index (κ2) is 8.33. The van der Waals surface area contributed by atoms with Gasteiger partial charge in [0.2, 0.25) is 0 Å². The first-order chi connectivity index (χ1) is 13.0. The van der Waals surface area contributed by atoms with E-state index in [1.54, 1.807) is 11.3 Å². The Balaban J connectivity index is 1.90. The Morgan fingerprint density at radius 3 is 2.52 bits per heavy atom. The number of thiophene rings is 1. The summed E-state index contributed by atoms with van der Waals surface area (Å²) in [6, 6.07) is 15.5. The molecule has 1 atom stereocenters. The van der Waals surface area contributed by atoms with Crippen LogP contribution in [0.2, 0.25) is 5.02 Å². The van der Waals surface area contributed by atoms with E-state index in [4.69, 9.17) is 11.6 Å². The second-order valence-corrected chi connectivity index (χ2v) is 7.32. The zero-order chi connectivity index (χ0) is 19.4. The zero-order valence-electron chi connectivity index (χ0n) is 14.5. The van der Waals surface area contributed by atoms with Crippen LogP contribution in [0.25, 0.3) is 0 Å². The van der Waals surface area contributed by atoms with Crippen molar-refractivity contribution < 1.29 is 9.72 Å². The number of hydrogen-bond acceptors (Lipinski definition) is 4. The summed E-state index contributed by atoms with van der Waals surface area (Å²) in [7, 11) is 0. The van der Waals surface area contributed by atoms with Crippen LogP contribution in [0.4, 0.5) is 5.69 Å². The van der Waals surface area contributed by atoms with Gasteiger partial charge in [-0.3, -0.25) is 14.9 Å². The predicted molar refractivity (Wildman–Crippen MR) is 108 cm³/mol. The molecule has 1 amide bonds. The van der Waals surface area contributed by atoms with Gasteiger partial charge < -0.3 is 5.32 Å². The summed E-state index contributed by atoms with van der Waals surface area (Å²) in [6.45, 7) is 2.09. The number of hydrogen-bond donors (Lipinski definition) is 1. The fraction of sp³-hybridized carbons (Fsp3) is 0.150. The summed E-state index contributed by atoms with van der Waals surface area (Å²) in [5.74, 6) is -0.382. The first-order valence-corrected chi connectivity index (χ1v) is 9.62. The molecule has 5 nitrogen and oxygen atoms in total. The zero-order valence-corrected chi connectivity index (χ0v) is 16.1. The summed E-state index contributed by atoms with van der Waals surface area (Å²) in [4.78, 5) is 24.1. The Labute approximate surface area is 165 Å². The molecule has 0 aliphatic rings. The lowest BCUT2D eigenvalue weighted by Gasteiger charge is -2.19. The first-order valence-electron chi connectivity index (χ1n) is 8.36. The first kappa shape index (κ1) is 19.1. The molecule has 27 heavy (non-hydrogen) atoms. The minimum Gasteiger partial charge on any atom is -0.340 e. The molecule has 0 bridgehead atoms.